The van der Waals surface area contributed by atoms with Crippen molar-refractivity contribution >= 4 is 45.6 Å². The third-order valence-corrected chi connectivity index (χ3v) is 6.99. The normalized spacial score (nSPS) is 23.7. The molecule has 5 nitrogen and oxygen atoms in total. The molecule has 0 aliphatic carbocycles. The van der Waals surface area contributed by atoms with Crippen LogP contribution in [0.1, 0.15) is 6.42 Å². The average Bonchev–Trinajstić information content (AvgIpc) is 3.04. The predicted octanol–water partition coefficient (Wildman–Crippen LogP) is 2.08. The molecule has 2 saturated heterocycles. The van der Waals surface area contributed by atoms with Gasteiger partial charge in [0.25, 0.3) is 0 Å². The van der Waals surface area contributed by atoms with Gasteiger partial charge in [-0.15, -0.1) is 12.4 Å². The zero-order valence-corrected chi connectivity index (χ0v) is 15.7. The molecular weight excluding hydrogens is 381 g/mol. The lowest BCUT2D eigenvalue weighted by Gasteiger charge is -2.37. The van der Waals surface area contributed by atoms with Gasteiger partial charge in [-0.1, -0.05) is 23.2 Å². The summed E-state index contributed by atoms with van der Waals surface area (Å²) >= 11 is 11.8. The van der Waals surface area contributed by atoms with E-state index in [4.69, 9.17) is 23.2 Å². The highest BCUT2D eigenvalue weighted by molar-refractivity contribution is 7.89. The highest BCUT2D eigenvalue weighted by Gasteiger charge is 2.32. The second-order valence-corrected chi connectivity index (χ2v) is 8.41. The van der Waals surface area contributed by atoms with E-state index in [0.29, 0.717) is 24.2 Å². The number of halogens is 3. The lowest BCUT2D eigenvalue weighted by Crippen LogP contribution is -2.52. The van der Waals surface area contributed by atoms with Gasteiger partial charge in [-0.05, 0) is 31.2 Å². The highest BCUT2D eigenvalue weighted by atomic mass is 35.5. The maximum atomic E-state index is 12.7. The summed E-state index contributed by atoms with van der Waals surface area (Å²) in [6, 6.07) is 5.00. The number of rotatable bonds is 3. The molecule has 0 aromatic heterocycles. The molecule has 2 aliphatic rings. The molecule has 0 spiro atoms. The molecule has 1 aromatic rings. The molecule has 1 unspecified atom stereocenters. The zero-order chi connectivity index (χ0) is 15.7. The number of sulfonamides is 1. The maximum Gasteiger partial charge on any atom is 0.243 e. The molecule has 0 bridgehead atoms. The van der Waals surface area contributed by atoms with E-state index in [-0.39, 0.29) is 22.3 Å². The molecule has 0 saturated carbocycles. The van der Waals surface area contributed by atoms with E-state index in [1.807, 2.05) is 0 Å². The monoisotopic (exact) mass is 399 g/mol. The Hall–Kier alpha value is -0.0800. The van der Waals surface area contributed by atoms with Crippen LogP contribution in [0, 0.1) is 0 Å². The average molecular weight is 401 g/mol. The Morgan fingerprint density at radius 1 is 1.09 bits per heavy atom. The lowest BCUT2D eigenvalue weighted by molar-refractivity contribution is 0.145. The first-order valence-corrected chi connectivity index (χ1v) is 9.58. The smallest absolute Gasteiger partial charge is 0.243 e. The van der Waals surface area contributed by atoms with Gasteiger partial charge in [0, 0.05) is 38.8 Å². The Kier molecular flexibility index (Phi) is 6.58. The van der Waals surface area contributed by atoms with Crippen LogP contribution in [0.15, 0.2) is 23.1 Å². The van der Waals surface area contributed by atoms with E-state index >= 15 is 0 Å². The topological polar surface area (TPSA) is 52.7 Å². The second-order valence-electron chi connectivity index (χ2n) is 5.66. The SMILES string of the molecule is Cl.O=S(=O)(c1ccc(Cl)c(Cl)c1)N1CCN(C2CCNC2)CC1. The summed E-state index contributed by atoms with van der Waals surface area (Å²) in [7, 11) is -3.50. The van der Waals surface area contributed by atoms with Crippen LogP contribution >= 0.6 is 35.6 Å². The number of nitrogens with one attached hydrogen (secondary N) is 1. The standard InChI is InChI=1S/C14H19Cl2N3O2S.ClH/c15-13-2-1-12(9-14(13)16)22(20,21)19-7-5-18(6-8-19)11-3-4-17-10-11;/h1-2,9,11,17H,3-8,10H2;1H. The van der Waals surface area contributed by atoms with Crippen molar-refractivity contribution in [2.75, 3.05) is 39.3 Å². The Balaban J connectivity index is 0.00000192. The lowest BCUT2D eigenvalue weighted by atomic mass is 10.2. The van der Waals surface area contributed by atoms with Crippen LogP contribution in [0.5, 0.6) is 0 Å². The third kappa shape index (κ3) is 4.12. The van der Waals surface area contributed by atoms with Crippen molar-refractivity contribution in [2.45, 2.75) is 17.4 Å². The maximum absolute atomic E-state index is 12.7. The molecule has 130 valence electrons. The summed E-state index contributed by atoms with van der Waals surface area (Å²) in [4.78, 5) is 2.58. The van der Waals surface area contributed by atoms with Gasteiger partial charge in [-0.3, -0.25) is 4.90 Å². The first-order chi connectivity index (χ1) is 10.5. The predicted molar refractivity (Wildman–Crippen MR) is 95.3 cm³/mol. The molecule has 1 N–H and O–H groups in total. The fourth-order valence-electron chi connectivity index (χ4n) is 3.05. The Bertz CT molecular complexity index is 643. The van der Waals surface area contributed by atoms with Gasteiger partial charge in [0.15, 0.2) is 0 Å². The minimum atomic E-state index is -3.50. The van der Waals surface area contributed by atoms with Crippen molar-refractivity contribution in [3.63, 3.8) is 0 Å². The van der Waals surface area contributed by atoms with Crippen LogP contribution in [0.25, 0.3) is 0 Å². The molecule has 0 radical (unpaired) electrons. The summed E-state index contributed by atoms with van der Waals surface area (Å²) in [6.07, 6.45) is 1.14. The third-order valence-electron chi connectivity index (χ3n) is 4.35. The summed E-state index contributed by atoms with van der Waals surface area (Å²) in [5, 5.41) is 3.97. The van der Waals surface area contributed by atoms with Gasteiger partial charge in [0.2, 0.25) is 10.0 Å². The summed E-state index contributed by atoms with van der Waals surface area (Å²) < 4.78 is 26.9. The minimum absolute atomic E-state index is 0. The van der Waals surface area contributed by atoms with Crippen molar-refractivity contribution in [3.05, 3.63) is 28.2 Å². The number of nitrogens with zero attached hydrogens (tertiary/aromatic N) is 2. The molecule has 2 aliphatic heterocycles. The largest absolute Gasteiger partial charge is 0.315 e. The molecule has 0 amide bonds. The fourth-order valence-corrected chi connectivity index (χ4v) is 4.86. The Morgan fingerprint density at radius 3 is 2.35 bits per heavy atom. The Morgan fingerprint density at radius 2 is 1.78 bits per heavy atom. The Labute approximate surface area is 153 Å². The van der Waals surface area contributed by atoms with E-state index in [9.17, 15) is 8.42 Å². The molecule has 9 heteroatoms. The molecule has 23 heavy (non-hydrogen) atoms. The number of hydrogen-bond donors (Lipinski definition) is 1. The van der Waals surface area contributed by atoms with Crippen molar-refractivity contribution in [3.8, 4) is 0 Å². The van der Waals surface area contributed by atoms with Crippen molar-refractivity contribution < 1.29 is 8.42 Å². The van der Waals surface area contributed by atoms with Crippen LogP contribution in [0.3, 0.4) is 0 Å². The van der Waals surface area contributed by atoms with Gasteiger partial charge < -0.3 is 5.32 Å². The number of hydrogen-bond acceptors (Lipinski definition) is 4. The molecule has 2 heterocycles. The van der Waals surface area contributed by atoms with Gasteiger partial charge in [0.1, 0.15) is 0 Å². The van der Waals surface area contributed by atoms with E-state index < -0.39 is 10.0 Å². The summed E-state index contributed by atoms with van der Waals surface area (Å²) in [6.45, 7) is 4.62. The van der Waals surface area contributed by atoms with Gasteiger partial charge in [-0.2, -0.15) is 4.31 Å². The van der Waals surface area contributed by atoms with Gasteiger partial charge in [0.05, 0.1) is 14.9 Å². The zero-order valence-electron chi connectivity index (χ0n) is 12.5. The molecule has 2 fully saturated rings. The molecular formula is C14H20Cl3N3O2S. The van der Waals surface area contributed by atoms with Crippen molar-refractivity contribution in [1.82, 2.24) is 14.5 Å². The van der Waals surface area contributed by atoms with E-state index in [2.05, 4.69) is 10.2 Å². The van der Waals surface area contributed by atoms with E-state index in [1.54, 1.807) is 0 Å². The highest BCUT2D eigenvalue weighted by Crippen LogP contribution is 2.27. The molecule has 1 atom stereocenters. The molecule has 3 rings (SSSR count). The number of piperazine rings is 1. The second kappa shape index (κ2) is 7.87. The van der Waals surface area contributed by atoms with Gasteiger partial charge >= 0.3 is 0 Å². The van der Waals surface area contributed by atoms with E-state index in [0.717, 1.165) is 32.6 Å². The fraction of sp³-hybridized carbons (Fsp3) is 0.571. The number of benzene rings is 1. The van der Waals surface area contributed by atoms with Gasteiger partial charge in [-0.25, -0.2) is 8.42 Å². The van der Waals surface area contributed by atoms with Crippen LogP contribution in [0.2, 0.25) is 10.0 Å². The van der Waals surface area contributed by atoms with Crippen LogP contribution in [0.4, 0.5) is 0 Å². The van der Waals surface area contributed by atoms with Crippen LogP contribution in [-0.4, -0.2) is 62.9 Å². The quantitative estimate of drug-likeness (QED) is 0.844. The van der Waals surface area contributed by atoms with Crippen molar-refractivity contribution in [1.29, 1.82) is 0 Å². The van der Waals surface area contributed by atoms with Crippen LogP contribution in [-0.2, 0) is 10.0 Å². The first-order valence-electron chi connectivity index (χ1n) is 7.38. The van der Waals surface area contributed by atoms with Crippen molar-refractivity contribution in [2.24, 2.45) is 0 Å². The minimum Gasteiger partial charge on any atom is -0.315 e. The van der Waals surface area contributed by atoms with E-state index in [1.165, 1.54) is 22.5 Å². The summed E-state index contributed by atoms with van der Waals surface area (Å²) in [5.74, 6) is 0. The first kappa shape index (κ1) is 19.2. The summed E-state index contributed by atoms with van der Waals surface area (Å²) in [5.41, 5.74) is 0. The van der Waals surface area contributed by atoms with Crippen LogP contribution < -0.4 is 5.32 Å². The molecule has 1 aromatic carbocycles.